The standard InChI is InChI=1S/C12H23N3O/c1-2-3-4-5-12(16)14-8-11-15-9-6-13-7-10-15/h2,13H,1,3-11H2,(H,14,16). The van der Waals surface area contributed by atoms with Crippen molar-refractivity contribution in [1.82, 2.24) is 15.5 Å². The van der Waals surface area contributed by atoms with E-state index in [4.69, 9.17) is 0 Å². The Balaban J connectivity index is 1.96. The van der Waals surface area contributed by atoms with Gasteiger partial charge in [-0.15, -0.1) is 6.58 Å². The quantitative estimate of drug-likeness (QED) is 0.486. The minimum Gasteiger partial charge on any atom is -0.355 e. The van der Waals surface area contributed by atoms with Crippen molar-refractivity contribution >= 4 is 5.91 Å². The van der Waals surface area contributed by atoms with Gasteiger partial charge in [-0.3, -0.25) is 9.69 Å². The van der Waals surface area contributed by atoms with Crippen LogP contribution in [0.5, 0.6) is 0 Å². The molecule has 0 aromatic carbocycles. The third-order valence-electron chi connectivity index (χ3n) is 2.77. The van der Waals surface area contributed by atoms with Gasteiger partial charge in [0.1, 0.15) is 0 Å². The number of piperazine rings is 1. The molecule has 0 aliphatic carbocycles. The third kappa shape index (κ3) is 5.88. The Bertz CT molecular complexity index is 212. The third-order valence-corrected chi connectivity index (χ3v) is 2.77. The molecule has 0 saturated carbocycles. The average molecular weight is 225 g/mol. The van der Waals surface area contributed by atoms with Crippen LogP contribution in [-0.4, -0.2) is 50.1 Å². The maximum atomic E-state index is 11.4. The van der Waals surface area contributed by atoms with E-state index >= 15 is 0 Å². The van der Waals surface area contributed by atoms with E-state index in [0.29, 0.717) is 6.42 Å². The van der Waals surface area contributed by atoms with Gasteiger partial charge in [0.05, 0.1) is 0 Å². The Morgan fingerprint density at radius 1 is 1.44 bits per heavy atom. The van der Waals surface area contributed by atoms with Crippen molar-refractivity contribution in [2.45, 2.75) is 19.3 Å². The maximum Gasteiger partial charge on any atom is 0.220 e. The van der Waals surface area contributed by atoms with Crippen molar-refractivity contribution < 1.29 is 4.79 Å². The highest BCUT2D eigenvalue weighted by atomic mass is 16.1. The van der Waals surface area contributed by atoms with E-state index in [1.807, 2.05) is 6.08 Å². The van der Waals surface area contributed by atoms with Gasteiger partial charge in [-0.1, -0.05) is 6.08 Å². The zero-order valence-electron chi connectivity index (χ0n) is 10.0. The molecule has 16 heavy (non-hydrogen) atoms. The minimum atomic E-state index is 0.164. The first kappa shape index (κ1) is 13.2. The number of nitrogens with zero attached hydrogens (tertiary/aromatic N) is 1. The monoisotopic (exact) mass is 225 g/mol. The van der Waals surface area contributed by atoms with Crippen molar-refractivity contribution in [3.05, 3.63) is 12.7 Å². The summed E-state index contributed by atoms with van der Waals surface area (Å²) in [4.78, 5) is 13.8. The maximum absolute atomic E-state index is 11.4. The average Bonchev–Trinajstić information content (AvgIpc) is 2.31. The number of rotatable bonds is 7. The van der Waals surface area contributed by atoms with Gasteiger partial charge < -0.3 is 10.6 Å². The Morgan fingerprint density at radius 2 is 2.19 bits per heavy atom. The van der Waals surface area contributed by atoms with Crippen molar-refractivity contribution in [2.24, 2.45) is 0 Å². The summed E-state index contributed by atoms with van der Waals surface area (Å²) in [5.74, 6) is 0.164. The molecule has 1 rings (SSSR count). The number of unbranched alkanes of at least 4 members (excludes halogenated alkanes) is 1. The Labute approximate surface area is 98.1 Å². The number of nitrogens with one attached hydrogen (secondary N) is 2. The molecular formula is C12H23N3O. The number of allylic oxidation sites excluding steroid dienone is 1. The molecule has 4 heteroatoms. The lowest BCUT2D eigenvalue weighted by Gasteiger charge is -2.27. The summed E-state index contributed by atoms with van der Waals surface area (Å²) in [5.41, 5.74) is 0. The number of hydrogen-bond acceptors (Lipinski definition) is 3. The second-order valence-corrected chi connectivity index (χ2v) is 4.12. The number of amides is 1. The predicted octanol–water partition coefficient (Wildman–Crippen LogP) is 0.364. The Morgan fingerprint density at radius 3 is 2.88 bits per heavy atom. The fraction of sp³-hybridized carbons (Fsp3) is 0.750. The van der Waals surface area contributed by atoms with Crippen LogP contribution in [0.2, 0.25) is 0 Å². The molecule has 0 aromatic rings. The molecule has 1 aliphatic rings. The molecular weight excluding hydrogens is 202 g/mol. The SMILES string of the molecule is C=CCCCC(=O)NCCN1CCNCC1. The lowest BCUT2D eigenvalue weighted by molar-refractivity contribution is -0.121. The molecule has 0 spiro atoms. The fourth-order valence-corrected chi connectivity index (χ4v) is 1.78. The van der Waals surface area contributed by atoms with Crippen LogP contribution in [0, 0.1) is 0 Å². The predicted molar refractivity (Wildman–Crippen MR) is 66.4 cm³/mol. The summed E-state index contributed by atoms with van der Waals surface area (Å²) in [5, 5.41) is 6.26. The van der Waals surface area contributed by atoms with Gasteiger partial charge in [-0.2, -0.15) is 0 Å². The van der Waals surface area contributed by atoms with Gasteiger partial charge in [0.25, 0.3) is 0 Å². The summed E-state index contributed by atoms with van der Waals surface area (Å²) < 4.78 is 0. The first-order valence-corrected chi connectivity index (χ1v) is 6.13. The fourth-order valence-electron chi connectivity index (χ4n) is 1.78. The number of hydrogen-bond donors (Lipinski definition) is 2. The van der Waals surface area contributed by atoms with Crippen molar-refractivity contribution in [1.29, 1.82) is 0 Å². The molecule has 0 radical (unpaired) electrons. The van der Waals surface area contributed by atoms with Crippen LogP contribution < -0.4 is 10.6 Å². The van der Waals surface area contributed by atoms with Gasteiger partial charge in [-0.05, 0) is 12.8 Å². The van der Waals surface area contributed by atoms with Gasteiger partial charge >= 0.3 is 0 Å². The minimum absolute atomic E-state index is 0.164. The molecule has 0 atom stereocenters. The smallest absolute Gasteiger partial charge is 0.220 e. The zero-order valence-corrected chi connectivity index (χ0v) is 10.0. The molecule has 1 amide bonds. The molecule has 1 heterocycles. The van der Waals surface area contributed by atoms with Crippen LogP contribution in [0.1, 0.15) is 19.3 Å². The van der Waals surface area contributed by atoms with E-state index in [2.05, 4.69) is 22.1 Å². The summed E-state index contributed by atoms with van der Waals surface area (Å²) in [6, 6.07) is 0. The molecule has 92 valence electrons. The highest BCUT2D eigenvalue weighted by Crippen LogP contribution is 1.95. The first-order chi connectivity index (χ1) is 7.83. The zero-order chi connectivity index (χ0) is 11.6. The van der Waals surface area contributed by atoms with Gasteiger partial charge in [0.15, 0.2) is 0 Å². The highest BCUT2D eigenvalue weighted by Gasteiger charge is 2.08. The molecule has 0 aromatic heterocycles. The van der Waals surface area contributed by atoms with Crippen LogP contribution in [0.25, 0.3) is 0 Å². The molecule has 1 aliphatic heterocycles. The number of carbonyl (C=O) groups is 1. The van der Waals surface area contributed by atoms with Crippen molar-refractivity contribution in [2.75, 3.05) is 39.3 Å². The van der Waals surface area contributed by atoms with Crippen molar-refractivity contribution in [3.63, 3.8) is 0 Å². The summed E-state index contributed by atoms with van der Waals surface area (Å²) >= 11 is 0. The van der Waals surface area contributed by atoms with Gasteiger partial charge in [0.2, 0.25) is 5.91 Å². The molecule has 4 nitrogen and oxygen atoms in total. The summed E-state index contributed by atoms with van der Waals surface area (Å²) in [6.07, 6.45) is 4.30. The van der Waals surface area contributed by atoms with Crippen LogP contribution in [0.15, 0.2) is 12.7 Å². The van der Waals surface area contributed by atoms with E-state index < -0.39 is 0 Å². The van der Waals surface area contributed by atoms with Gasteiger partial charge in [0, 0.05) is 45.7 Å². The topological polar surface area (TPSA) is 44.4 Å². The molecule has 1 fully saturated rings. The lowest BCUT2D eigenvalue weighted by atomic mass is 10.2. The van der Waals surface area contributed by atoms with Crippen LogP contribution in [-0.2, 0) is 4.79 Å². The molecule has 0 bridgehead atoms. The van der Waals surface area contributed by atoms with E-state index in [0.717, 1.165) is 52.1 Å². The van der Waals surface area contributed by atoms with Crippen molar-refractivity contribution in [3.8, 4) is 0 Å². The Kier molecular flexibility index (Phi) is 6.85. The van der Waals surface area contributed by atoms with E-state index in [9.17, 15) is 4.79 Å². The normalized spacial score (nSPS) is 17.0. The molecule has 2 N–H and O–H groups in total. The second kappa shape index (κ2) is 8.30. The highest BCUT2D eigenvalue weighted by molar-refractivity contribution is 5.75. The van der Waals surface area contributed by atoms with Crippen LogP contribution >= 0.6 is 0 Å². The van der Waals surface area contributed by atoms with Gasteiger partial charge in [-0.25, -0.2) is 0 Å². The lowest BCUT2D eigenvalue weighted by Crippen LogP contribution is -2.46. The summed E-state index contributed by atoms with van der Waals surface area (Å²) in [6.45, 7) is 9.68. The van der Waals surface area contributed by atoms with E-state index in [-0.39, 0.29) is 5.91 Å². The first-order valence-electron chi connectivity index (χ1n) is 6.13. The second-order valence-electron chi connectivity index (χ2n) is 4.12. The van der Waals surface area contributed by atoms with E-state index in [1.165, 1.54) is 0 Å². The number of carbonyl (C=O) groups excluding carboxylic acids is 1. The summed E-state index contributed by atoms with van der Waals surface area (Å²) in [7, 11) is 0. The van der Waals surface area contributed by atoms with Crippen LogP contribution in [0.4, 0.5) is 0 Å². The van der Waals surface area contributed by atoms with Crippen LogP contribution in [0.3, 0.4) is 0 Å². The van der Waals surface area contributed by atoms with E-state index in [1.54, 1.807) is 0 Å². The largest absolute Gasteiger partial charge is 0.355 e. The molecule has 0 unspecified atom stereocenters. The molecule has 1 saturated heterocycles. The Hall–Kier alpha value is -0.870.